The lowest BCUT2D eigenvalue weighted by Crippen LogP contribution is -2.21. The topological polar surface area (TPSA) is 32.7 Å². The predicted octanol–water partition coefficient (Wildman–Crippen LogP) is 4.64. The van der Waals surface area contributed by atoms with Crippen LogP contribution in [0.15, 0.2) is 53.1 Å². The molecule has 0 saturated heterocycles. The molecule has 0 fully saturated rings. The van der Waals surface area contributed by atoms with Crippen LogP contribution in [0.25, 0.3) is 6.08 Å². The average molecular weight is 310 g/mol. The van der Waals surface area contributed by atoms with E-state index in [0.717, 1.165) is 29.1 Å². The number of anilines is 1. The first-order chi connectivity index (χ1) is 10.7. The first kappa shape index (κ1) is 14.7. The molecule has 3 rings (SSSR count). The van der Waals surface area contributed by atoms with Crippen LogP contribution in [0.3, 0.4) is 0 Å². The number of hydrogen-bond acceptors (Lipinski definition) is 3. The molecular formula is C18H18N2OS. The predicted molar refractivity (Wildman–Crippen MR) is 93.3 cm³/mol. The van der Waals surface area contributed by atoms with Crippen molar-refractivity contribution in [2.45, 2.75) is 26.7 Å². The fourth-order valence-electron chi connectivity index (χ4n) is 2.44. The number of amides is 1. The minimum atomic E-state index is -0.0410. The van der Waals surface area contributed by atoms with Gasteiger partial charge in [-0.25, -0.2) is 0 Å². The van der Waals surface area contributed by atoms with Crippen molar-refractivity contribution in [3.8, 4) is 0 Å². The summed E-state index contributed by atoms with van der Waals surface area (Å²) in [5.74, 6) is -0.0410. The van der Waals surface area contributed by atoms with Crippen LogP contribution in [0, 0.1) is 6.92 Å². The van der Waals surface area contributed by atoms with Gasteiger partial charge in [0.05, 0.1) is 17.0 Å². The van der Waals surface area contributed by atoms with Gasteiger partial charge >= 0.3 is 0 Å². The summed E-state index contributed by atoms with van der Waals surface area (Å²) < 4.78 is 0. The molecule has 0 bridgehead atoms. The van der Waals surface area contributed by atoms with E-state index in [0.29, 0.717) is 5.57 Å². The van der Waals surface area contributed by atoms with Crippen LogP contribution < -0.4 is 5.01 Å². The maximum absolute atomic E-state index is 12.8. The third-order valence-corrected chi connectivity index (χ3v) is 4.44. The van der Waals surface area contributed by atoms with E-state index in [-0.39, 0.29) is 5.91 Å². The van der Waals surface area contributed by atoms with Gasteiger partial charge in [0.15, 0.2) is 0 Å². The zero-order valence-corrected chi connectivity index (χ0v) is 13.6. The van der Waals surface area contributed by atoms with Crippen LogP contribution in [-0.2, 0) is 4.79 Å². The number of benzene rings is 1. The van der Waals surface area contributed by atoms with Crippen LogP contribution >= 0.6 is 11.3 Å². The zero-order valence-electron chi connectivity index (χ0n) is 12.7. The van der Waals surface area contributed by atoms with Crippen LogP contribution in [0.4, 0.5) is 5.69 Å². The van der Waals surface area contributed by atoms with E-state index < -0.39 is 0 Å². The first-order valence-electron chi connectivity index (χ1n) is 7.44. The quantitative estimate of drug-likeness (QED) is 0.757. The highest BCUT2D eigenvalue weighted by molar-refractivity contribution is 7.12. The van der Waals surface area contributed by atoms with E-state index in [1.165, 1.54) is 9.89 Å². The van der Waals surface area contributed by atoms with E-state index in [1.807, 2.05) is 36.4 Å². The molecule has 1 aromatic heterocycles. The Morgan fingerprint density at radius 3 is 2.59 bits per heavy atom. The third kappa shape index (κ3) is 2.88. The van der Waals surface area contributed by atoms with Crippen molar-refractivity contribution in [1.29, 1.82) is 0 Å². The monoisotopic (exact) mass is 310 g/mol. The van der Waals surface area contributed by atoms with E-state index in [4.69, 9.17) is 0 Å². The number of aryl methyl sites for hydroxylation is 1. The SMILES string of the molecule is CCCC1=NN(c2ccccc2)C(=O)C1=Cc1ccc(C)s1. The Kier molecular flexibility index (Phi) is 4.20. The van der Waals surface area contributed by atoms with Crippen LogP contribution in [0.1, 0.15) is 29.5 Å². The molecule has 1 aliphatic heterocycles. The van der Waals surface area contributed by atoms with Crippen LogP contribution in [-0.4, -0.2) is 11.6 Å². The van der Waals surface area contributed by atoms with Gasteiger partial charge in [0.1, 0.15) is 0 Å². The molecule has 0 unspecified atom stereocenters. The molecule has 112 valence electrons. The standard InChI is InChI=1S/C18H18N2OS/c1-3-7-17-16(12-15-11-10-13(2)22-15)18(21)20(19-17)14-8-5-4-6-9-14/h4-6,8-12H,3,7H2,1-2H3. The second-order valence-electron chi connectivity index (χ2n) is 5.26. The summed E-state index contributed by atoms with van der Waals surface area (Å²) in [7, 11) is 0. The van der Waals surface area contributed by atoms with Gasteiger partial charge in [-0.05, 0) is 43.7 Å². The molecule has 0 N–H and O–H groups in total. The Bertz CT molecular complexity index is 743. The minimum Gasteiger partial charge on any atom is -0.267 e. The van der Waals surface area contributed by atoms with E-state index in [9.17, 15) is 4.79 Å². The Morgan fingerprint density at radius 2 is 1.95 bits per heavy atom. The van der Waals surface area contributed by atoms with Gasteiger partial charge in [-0.3, -0.25) is 4.79 Å². The fourth-order valence-corrected chi connectivity index (χ4v) is 3.26. The molecule has 1 aliphatic rings. The van der Waals surface area contributed by atoms with Crippen molar-refractivity contribution in [2.24, 2.45) is 5.10 Å². The summed E-state index contributed by atoms with van der Waals surface area (Å²) >= 11 is 1.69. The normalized spacial score (nSPS) is 16.5. The molecule has 4 heteroatoms. The molecule has 0 saturated carbocycles. The maximum Gasteiger partial charge on any atom is 0.280 e. The minimum absolute atomic E-state index is 0.0410. The highest BCUT2D eigenvalue weighted by atomic mass is 32.1. The summed E-state index contributed by atoms with van der Waals surface area (Å²) in [6.45, 7) is 4.17. The van der Waals surface area contributed by atoms with Gasteiger partial charge in [0.2, 0.25) is 0 Å². The summed E-state index contributed by atoms with van der Waals surface area (Å²) in [6, 6.07) is 13.7. The number of rotatable bonds is 4. The molecule has 0 radical (unpaired) electrons. The number of carbonyl (C=O) groups is 1. The number of thiophene rings is 1. The Labute approximate surface area is 134 Å². The van der Waals surface area contributed by atoms with Crippen LogP contribution in [0.2, 0.25) is 0 Å². The number of carbonyl (C=O) groups excluding carboxylic acids is 1. The Morgan fingerprint density at radius 1 is 1.18 bits per heavy atom. The number of para-hydroxylation sites is 1. The maximum atomic E-state index is 12.8. The molecule has 1 aromatic carbocycles. The second kappa shape index (κ2) is 6.28. The average Bonchev–Trinajstić information content (AvgIpc) is 3.07. The lowest BCUT2D eigenvalue weighted by molar-refractivity contribution is -0.114. The summed E-state index contributed by atoms with van der Waals surface area (Å²) in [4.78, 5) is 15.1. The molecule has 1 amide bonds. The smallest absolute Gasteiger partial charge is 0.267 e. The summed E-state index contributed by atoms with van der Waals surface area (Å²) in [5, 5.41) is 6.06. The van der Waals surface area contributed by atoms with Gasteiger partial charge in [-0.1, -0.05) is 31.5 Å². The molecular weight excluding hydrogens is 292 g/mol. The van der Waals surface area contributed by atoms with Crippen molar-refractivity contribution in [2.75, 3.05) is 5.01 Å². The molecule has 0 atom stereocenters. The second-order valence-corrected chi connectivity index (χ2v) is 6.58. The molecule has 2 aromatic rings. The van der Waals surface area contributed by atoms with E-state index >= 15 is 0 Å². The Balaban J connectivity index is 1.98. The van der Waals surface area contributed by atoms with Gasteiger partial charge in [-0.2, -0.15) is 10.1 Å². The molecule has 0 spiro atoms. The summed E-state index contributed by atoms with van der Waals surface area (Å²) in [6.07, 6.45) is 3.75. The largest absolute Gasteiger partial charge is 0.280 e. The molecule has 22 heavy (non-hydrogen) atoms. The van der Waals surface area contributed by atoms with Gasteiger partial charge < -0.3 is 0 Å². The van der Waals surface area contributed by atoms with E-state index in [1.54, 1.807) is 11.3 Å². The first-order valence-corrected chi connectivity index (χ1v) is 8.26. The lowest BCUT2D eigenvalue weighted by Gasteiger charge is -2.10. The zero-order chi connectivity index (χ0) is 15.5. The van der Waals surface area contributed by atoms with Gasteiger partial charge in [0.25, 0.3) is 5.91 Å². The van der Waals surface area contributed by atoms with E-state index in [2.05, 4.69) is 31.1 Å². The van der Waals surface area contributed by atoms with Gasteiger partial charge in [-0.15, -0.1) is 11.3 Å². The number of hydrogen-bond donors (Lipinski definition) is 0. The van der Waals surface area contributed by atoms with Crippen molar-refractivity contribution < 1.29 is 4.79 Å². The fraction of sp³-hybridized carbons (Fsp3) is 0.222. The molecule has 3 nitrogen and oxygen atoms in total. The summed E-state index contributed by atoms with van der Waals surface area (Å²) in [5.41, 5.74) is 2.40. The van der Waals surface area contributed by atoms with Crippen molar-refractivity contribution >= 4 is 34.7 Å². The van der Waals surface area contributed by atoms with Gasteiger partial charge in [0, 0.05) is 9.75 Å². The highest BCUT2D eigenvalue weighted by Crippen LogP contribution is 2.28. The van der Waals surface area contributed by atoms with Crippen molar-refractivity contribution in [3.63, 3.8) is 0 Å². The molecule has 2 heterocycles. The van der Waals surface area contributed by atoms with Crippen LogP contribution in [0.5, 0.6) is 0 Å². The Hall–Kier alpha value is -2.20. The van der Waals surface area contributed by atoms with Crippen molar-refractivity contribution in [1.82, 2.24) is 0 Å². The highest BCUT2D eigenvalue weighted by Gasteiger charge is 2.30. The van der Waals surface area contributed by atoms with Crippen molar-refractivity contribution in [3.05, 3.63) is 57.8 Å². The molecule has 0 aliphatic carbocycles. The third-order valence-electron chi connectivity index (χ3n) is 3.49. The number of nitrogens with zero attached hydrogens (tertiary/aromatic N) is 2. The number of hydrazone groups is 1. The lowest BCUT2D eigenvalue weighted by atomic mass is 10.1.